The molecule has 0 aliphatic heterocycles. The summed E-state index contributed by atoms with van der Waals surface area (Å²) in [7, 11) is 0. The van der Waals surface area contributed by atoms with Crippen LogP contribution in [0.3, 0.4) is 0 Å². The third-order valence-electron chi connectivity index (χ3n) is 5.29. The second-order valence-electron chi connectivity index (χ2n) is 7.41. The first-order valence-corrected chi connectivity index (χ1v) is 11.9. The number of rotatable bonds is 11. The van der Waals surface area contributed by atoms with E-state index in [-0.39, 0.29) is 17.7 Å². The number of hydrogen-bond acceptors (Lipinski definition) is 5. The lowest BCUT2D eigenvalue weighted by Crippen LogP contribution is -2.28. The van der Waals surface area contributed by atoms with E-state index in [1.807, 2.05) is 47.9 Å². The van der Waals surface area contributed by atoms with Gasteiger partial charge in [0.2, 0.25) is 5.91 Å². The molecule has 2 aromatic carbocycles. The van der Waals surface area contributed by atoms with Crippen molar-refractivity contribution in [3.8, 4) is 11.4 Å². The summed E-state index contributed by atoms with van der Waals surface area (Å²) in [6, 6.07) is 18.2. The number of carbonyl (C=O) groups excluding carboxylic acids is 1. The lowest BCUT2D eigenvalue weighted by Gasteiger charge is -2.21. The summed E-state index contributed by atoms with van der Waals surface area (Å²) in [6.07, 6.45) is 1.82. The maximum atomic E-state index is 12.5. The van der Waals surface area contributed by atoms with E-state index in [1.165, 1.54) is 17.4 Å². The van der Waals surface area contributed by atoms with Crippen LogP contribution in [0.5, 0.6) is 0 Å². The molecule has 32 heavy (non-hydrogen) atoms. The molecule has 0 bridgehead atoms. The van der Waals surface area contributed by atoms with Crippen LogP contribution in [0, 0.1) is 0 Å². The lowest BCUT2D eigenvalue weighted by atomic mass is 10.1. The van der Waals surface area contributed by atoms with Crippen LogP contribution in [-0.2, 0) is 11.3 Å². The largest absolute Gasteiger partial charge is 0.372 e. The fraction of sp³-hybridized carbons (Fsp3) is 0.320. The molecule has 3 rings (SSSR count). The molecule has 1 aromatic heterocycles. The van der Waals surface area contributed by atoms with Gasteiger partial charge in [-0.25, -0.2) is 0 Å². The van der Waals surface area contributed by atoms with Crippen molar-refractivity contribution in [1.82, 2.24) is 20.1 Å². The quantitative estimate of drug-likeness (QED) is 0.332. The van der Waals surface area contributed by atoms with Gasteiger partial charge in [0.1, 0.15) is 0 Å². The molecule has 1 atom stereocenters. The number of nitrogens with zero attached hydrogens (tertiary/aromatic N) is 4. The van der Waals surface area contributed by atoms with E-state index in [9.17, 15) is 4.79 Å². The Morgan fingerprint density at radius 2 is 1.81 bits per heavy atom. The molecular weight excluding hydrogens is 418 g/mol. The van der Waals surface area contributed by atoms with Crippen molar-refractivity contribution in [2.45, 2.75) is 38.5 Å². The van der Waals surface area contributed by atoms with Crippen LogP contribution in [0.25, 0.3) is 11.4 Å². The molecule has 168 valence electrons. The molecule has 1 unspecified atom stereocenters. The highest BCUT2D eigenvalue weighted by Crippen LogP contribution is 2.26. The number of nitrogens with one attached hydrogen (secondary N) is 1. The highest BCUT2D eigenvalue weighted by molar-refractivity contribution is 7.99. The molecular formula is C25H31N5OS. The van der Waals surface area contributed by atoms with Crippen molar-refractivity contribution in [2.75, 3.05) is 23.7 Å². The number of carbonyl (C=O) groups is 1. The molecule has 0 spiro atoms. The summed E-state index contributed by atoms with van der Waals surface area (Å²) < 4.78 is 2.00. The Balaban J connectivity index is 1.69. The third kappa shape index (κ3) is 5.79. The number of anilines is 1. The minimum absolute atomic E-state index is 0.0374. The minimum Gasteiger partial charge on any atom is -0.372 e. The zero-order valence-corrected chi connectivity index (χ0v) is 19.8. The molecule has 1 N–H and O–H groups in total. The first kappa shape index (κ1) is 23.6. The van der Waals surface area contributed by atoms with Crippen molar-refractivity contribution in [1.29, 1.82) is 0 Å². The first-order chi connectivity index (χ1) is 15.6. The molecule has 7 heteroatoms. The van der Waals surface area contributed by atoms with Gasteiger partial charge in [0.05, 0.1) is 11.8 Å². The van der Waals surface area contributed by atoms with Gasteiger partial charge in [-0.1, -0.05) is 48.2 Å². The summed E-state index contributed by atoms with van der Waals surface area (Å²) in [6.45, 7) is 12.7. The van der Waals surface area contributed by atoms with Gasteiger partial charge in [-0.3, -0.25) is 9.36 Å². The molecule has 0 saturated heterocycles. The van der Waals surface area contributed by atoms with Gasteiger partial charge in [-0.05, 0) is 50.6 Å². The van der Waals surface area contributed by atoms with E-state index < -0.39 is 0 Å². The molecule has 3 aromatic rings. The third-order valence-corrected chi connectivity index (χ3v) is 6.26. The van der Waals surface area contributed by atoms with E-state index in [2.05, 4.69) is 65.1 Å². The monoisotopic (exact) mass is 449 g/mol. The van der Waals surface area contributed by atoms with Gasteiger partial charge in [0, 0.05) is 30.9 Å². The van der Waals surface area contributed by atoms with Crippen molar-refractivity contribution >= 4 is 23.4 Å². The molecule has 0 radical (unpaired) electrons. The Morgan fingerprint density at radius 1 is 1.12 bits per heavy atom. The maximum absolute atomic E-state index is 12.5. The topological polar surface area (TPSA) is 63.1 Å². The number of allylic oxidation sites excluding steroid dienone is 1. The fourth-order valence-corrected chi connectivity index (χ4v) is 4.31. The summed E-state index contributed by atoms with van der Waals surface area (Å²) >= 11 is 1.38. The summed E-state index contributed by atoms with van der Waals surface area (Å²) in [5.41, 5.74) is 3.26. The molecule has 0 fully saturated rings. The predicted octanol–water partition coefficient (Wildman–Crippen LogP) is 4.95. The SMILES string of the molecule is C=CCn1c(SCC(=O)NC(C)c2ccccc2)nnc1-c1ccc(N(CC)CC)cc1. The van der Waals surface area contributed by atoms with E-state index in [0.717, 1.165) is 30.0 Å². The molecule has 0 aliphatic rings. The van der Waals surface area contributed by atoms with Crippen LogP contribution in [0.4, 0.5) is 5.69 Å². The molecule has 0 saturated carbocycles. The highest BCUT2D eigenvalue weighted by atomic mass is 32.2. The Bertz CT molecular complexity index is 1010. The molecule has 0 aliphatic carbocycles. The molecule has 6 nitrogen and oxygen atoms in total. The van der Waals surface area contributed by atoms with E-state index in [1.54, 1.807) is 0 Å². The van der Waals surface area contributed by atoms with Crippen molar-refractivity contribution in [3.63, 3.8) is 0 Å². The van der Waals surface area contributed by atoms with Gasteiger partial charge >= 0.3 is 0 Å². The zero-order valence-electron chi connectivity index (χ0n) is 19.0. The second kappa shape index (κ2) is 11.5. The van der Waals surface area contributed by atoms with Crippen LogP contribution in [0.1, 0.15) is 32.4 Å². The number of thioether (sulfide) groups is 1. The summed E-state index contributed by atoms with van der Waals surface area (Å²) in [5.74, 6) is 1.01. The number of benzene rings is 2. The van der Waals surface area contributed by atoms with E-state index >= 15 is 0 Å². The average Bonchev–Trinajstić information content (AvgIpc) is 3.22. The van der Waals surface area contributed by atoms with Crippen LogP contribution >= 0.6 is 11.8 Å². The standard InChI is InChI=1S/C25H31N5OS/c1-5-17-30-24(21-13-15-22(16-14-21)29(6-2)7-3)27-28-25(30)32-18-23(31)26-19(4)20-11-9-8-10-12-20/h5,8-16,19H,1,6-7,17-18H2,2-4H3,(H,26,31). The zero-order chi connectivity index (χ0) is 22.9. The Labute approximate surface area is 194 Å². The van der Waals surface area contributed by atoms with E-state index in [0.29, 0.717) is 11.7 Å². The van der Waals surface area contributed by atoms with Gasteiger partial charge in [0.15, 0.2) is 11.0 Å². The van der Waals surface area contributed by atoms with Gasteiger partial charge in [-0.15, -0.1) is 16.8 Å². The number of aromatic nitrogens is 3. The lowest BCUT2D eigenvalue weighted by molar-refractivity contribution is -0.119. The minimum atomic E-state index is -0.0461. The first-order valence-electron chi connectivity index (χ1n) is 10.9. The second-order valence-corrected chi connectivity index (χ2v) is 8.36. The van der Waals surface area contributed by atoms with Crippen molar-refractivity contribution < 1.29 is 4.79 Å². The van der Waals surface area contributed by atoms with Gasteiger partial charge in [-0.2, -0.15) is 0 Å². The molecule has 1 heterocycles. The van der Waals surface area contributed by atoms with Crippen LogP contribution in [-0.4, -0.2) is 39.5 Å². The van der Waals surface area contributed by atoms with Crippen molar-refractivity contribution in [3.05, 3.63) is 72.8 Å². The van der Waals surface area contributed by atoms with Crippen LogP contribution in [0.15, 0.2) is 72.4 Å². The average molecular weight is 450 g/mol. The van der Waals surface area contributed by atoms with Gasteiger partial charge in [0.25, 0.3) is 0 Å². The summed E-state index contributed by atoms with van der Waals surface area (Å²) in [4.78, 5) is 14.8. The summed E-state index contributed by atoms with van der Waals surface area (Å²) in [5, 5.41) is 12.5. The maximum Gasteiger partial charge on any atom is 0.230 e. The van der Waals surface area contributed by atoms with Gasteiger partial charge < -0.3 is 10.2 Å². The Kier molecular flexibility index (Phi) is 8.50. The predicted molar refractivity (Wildman–Crippen MR) is 133 cm³/mol. The van der Waals surface area contributed by atoms with Crippen molar-refractivity contribution in [2.24, 2.45) is 0 Å². The smallest absolute Gasteiger partial charge is 0.230 e. The Hall–Kier alpha value is -3.06. The molecule has 1 amide bonds. The highest BCUT2D eigenvalue weighted by Gasteiger charge is 2.16. The Morgan fingerprint density at radius 3 is 2.44 bits per heavy atom. The number of amides is 1. The van der Waals surface area contributed by atoms with Crippen LogP contribution < -0.4 is 10.2 Å². The number of hydrogen-bond donors (Lipinski definition) is 1. The normalized spacial score (nSPS) is 11.7. The van der Waals surface area contributed by atoms with E-state index in [4.69, 9.17) is 0 Å². The van der Waals surface area contributed by atoms with Crippen LogP contribution in [0.2, 0.25) is 0 Å². The fourth-order valence-electron chi connectivity index (χ4n) is 3.55.